The van der Waals surface area contributed by atoms with Crippen molar-refractivity contribution >= 4 is 58.0 Å². The van der Waals surface area contributed by atoms with Gasteiger partial charge in [-0.05, 0) is 35.6 Å². The van der Waals surface area contributed by atoms with Crippen molar-refractivity contribution in [1.82, 2.24) is 0 Å². The first kappa shape index (κ1) is 16.0. The van der Waals surface area contributed by atoms with Gasteiger partial charge in [-0.25, -0.2) is 0 Å². The molecule has 0 saturated heterocycles. The lowest BCUT2D eigenvalue weighted by molar-refractivity contribution is -0.118. The van der Waals surface area contributed by atoms with Crippen LogP contribution in [0.15, 0.2) is 28.8 Å². The second-order valence-corrected chi connectivity index (χ2v) is 7.25. The van der Waals surface area contributed by atoms with E-state index in [4.69, 9.17) is 46.4 Å². The van der Waals surface area contributed by atoms with Crippen LogP contribution in [0.1, 0.15) is 13.8 Å². The summed E-state index contributed by atoms with van der Waals surface area (Å²) in [6.07, 6.45) is 1.71. The summed E-state index contributed by atoms with van der Waals surface area (Å²) in [7, 11) is 0. The molecule has 1 fully saturated rings. The van der Waals surface area contributed by atoms with Crippen molar-refractivity contribution in [2.75, 3.05) is 5.32 Å². The fraction of sp³-hybridized carbons (Fsp3) is 0.357. The van der Waals surface area contributed by atoms with Gasteiger partial charge in [0, 0.05) is 5.02 Å². The summed E-state index contributed by atoms with van der Waals surface area (Å²) >= 11 is 23.2. The first-order valence-electron chi connectivity index (χ1n) is 6.02. The van der Waals surface area contributed by atoms with Gasteiger partial charge in [0.15, 0.2) is 0 Å². The summed E-state index contributed by atoms with van der Waals surface area (Å²) in [5.41, 5.74) is 0.376. The fourth-order valence-electron chi connectivity index (χ4n) is 2.43. The predicted molar refractivity (Wildman–Crippen MR) is 85.6 cm³/mol. The summed E-state index contributed by atoms with van der Waals surface area (Å²) in [6.45, 7) is 4.00. The molecule has 0 spiro atoms. The zero-order valence-electron chi connectivity index (χ0n) is 10.9. The lowest BCUT2D eigenvalue weighted by Crippen LogP contribution is -2.17. The van der Waals surface area contributed by atoms with Crippen LogP contribution in [0.4, 0.5) is 5.69 Å². The van der Waals surface area contributed by atoms with Gasteiger partial charge in [-0.15, -0.1) is 0 Å². The average Bonchev–Trinajstić information content (AvgIpc) is 2.83. The van der Waals surface area contributed by atoms with Gasteiger partial charge in [-0.1, -0.05) is 60.3 Å². The SMILES string of the molecule is CC1(C)C(C=C(Cl)Cl)C1C(=O)Nc1ccc(Cl)cc1Cl. The number of rotatable bonds is 3. The molecule has 1 aliphatic rings. The molecule has 1 aromatic rings. The highest BCUT2D eigenvalue weighted by Gasteiger charge is 2.60. The van der Waals surface area contributed by atoms with Crippen molar-refractivity contribution in [3.63, 3.8) is 0 Å². The Morgan fingerprint density at radius 3 is 2.50 bits per heavy atom. The van der Waals surface area contributed by atoms with Crippen molar-refractivity contribution in [1.29, 1.82) is 0 Å². The molecule has 1 saturated carbocycles. The number of hydrogen-bond donors (Lipinski definition) is 1. The fourth-order valence-corrected chi connectivity index (χ4v) is 3.15. The predicted octanol–water partition coefficient (Wildman–Crippen LogP) is 5.52. The van der Waals surface area contributed by atoms with E-state index < -0.39 is 0 Å². The topological polar surface area (TPSA) is 29.1 Å². The molecule has 1 N–H and O–H groups in total. The van der Waals surface area contributed by atoms with Crippen LogP contribution in [0.5, 0.6) is 0 Å². The summed E-state index contributed by atoms with van der Waals surface area (Å²) in [5, 5.41) is 3.74. The molecule has 20 heavy (non-hydrogen) atoms. The van der Waals surface area contributed by atoms with Crippen LogP contribution in [0, 0.1) is 17.3 Å². The molecular formula is C14H13Cl4NO. The molecule has 2 rings (SSSR count). The van der Waals surface area contributed by atoms with Crippen molar-refractivity contribution in [2.24, 2.45) is 17.3 Å². The molecule has 108 valence electrons. The van der Waals surface area contributed by atoms with E-state index in [0.29, 0.717) is 15.7 Å². The van der Waals surface area contributed by atoms with E-state index in [0.717, 1.165) is 0 Å². The van der Waals surface area contributed by atoms with Gasteiger partial charge >= 0.3 is 0 Å². The van der Waals surface area contributed by atoms with E-state index in [1.54, 1.807) is 24.3 Å². The normalized spacial score (nSPS) is 23.1. The highest BCUT2D eigenvalue weighted by molar-refractivity contribution is 6.55. The minimum atomic E-state index is -0.179. The van der Waals surface area contributed by atoms with Crippen molar-refractivity contribution < 1.29 is 4.79 Å². The van der Waals surface area contributed by atoms with Gasteiger partial charge in [0.25, 0.3) is 0 Å². The maximum absolute atomic E-state index is 12.3. The van der Waals surface area contributed by atoms with Crippen LogP contribution in [0.25, 0.3) is 0 Å². The Balaban J connectivity index is 2.12. The maximum Gasteiger partial charge on any atom is 0.228 e. The second kappa shape index (κ2) is 5.76. The lowest BCUT2D eigenvalue weighted by Gasteiger charge is -2.08. The Hall–Kier alpha value is -0.410. The van der Waals surface area contributed by atoms with Crippen molar-refractivity contribution in [2.45, 2.75) is 13.8 Å². The average molecular weight is 353 g/mol. The number of benzene rings is 1. The molecule has 0 radical (unpaired) electrons. The molecule has 2 atom stereocenters. The largest absolute Gasteiger partial charge is 0.324 e. The molecule has 2 nitrogen and oxygen atoms in total. The first-order chi connectivity index (χ1) is 9.23. The molecule has 2 unspecified atom stereocenters. The molecule has 0 bridgehead atoms. The Morgan fingerprint density at radius 2 is 1.95 bits per heavy atom. The van der Waals surface area contributed by atoms with Crippen LogP contribution < -0.4 is 5.32 Å². The number of allylic oxidation sites excluding steroid dienone is 1. The zero-order valence-corrected chi connectivity index (χ0v) is 13.9. The van der Waals surface area contributed by atoms with E-state index in [2.05, 4.69) is 5.32 Å². The smallest absolute Gasteiger partial charge is 0.228 e. The van der Waals surface area contributed by atoms with Crippen LogP contribution in [0.3, 0.4) is 0 Å². The minimum absolute atomic E-state index is 0.0265. The number of carbonyl (C=O) groups excluding carboxylic acids is 1. The summed E-state index contributed by atoms with van der Waals surface area (Å²) in [4.78, 5) is 12.3. The third-order valence-corrected chi connectivity index (χ3v) is 4.49. The third kappa shape index (κ3) is 3.25. The van der Waals surface area contributed by atoms with Gasteiger partial charge in [-0.2, -0.15) is 0 Å². The summed E-state index contributed by atoms with van der Waals surface area (Å²) in [5.74, 6) is -0.254. The second-order valence-electron chi connectivity index (χ2n) is 5.39. The van der Waals surface area contributed by atoms with E-state index in [1.807, 2.05) is 13.8 Å². The van der Waals surface area contributed by atoms with Crippen LogP contribution in [-0.2, 0) is 4.79 Å². The number of anilines is 1. The quantitative estimate of drug-likeness (QED) is 0.761. The van der Waals surface area contributed by atoms with E-state index >= 15 is 0 Å². The first-order valence-corrected chi connectivity index (χ1v) is 7.53. The number of halogens is 4. The summed E-state index contributed by atoms with van der Waals surface area (Å²) in [6, 6.07) is 4.94. The summed E-state index contributed by atoms with van der Waals surface area (Å²) < 4.78 is 0.183. The monoisotopic (exact) mass is 351 g/mol. The van der Waals surface area contributed by atoms with Gasteiger partial charge in [0.1, 0.15) is 4.49 Å². The number of carbonyl (C=O) groups is 1. The lowest BCUT2D eigenvalue weighted by atomic mass is 10.1. The standard InChI is InChI=1S/C14H13Cl4NO/c1-14(2)8(6-11(17)18)12(14)13(20)19-10-4-3-7(15)5-9(10)16/h3-6,8,12H,1-2H3,(H,19,20). The Morgan fingerprint density at radius 1 is 1.30 bits per heavy atom. The number of amides is 1. The third-order valence-electron chi connectivity index (χ3n) is 3.69. The van der Waals surface area contributed by atoms with E-state index in [9.17, 15) is 4.79 Å². The maximum atomic E-state index is 12.3. The Bertz CT molecular complexity index is 579. The molecule has 1 aliphatic carbocycles. The minimum Gasteiger partial charge on any atom is -0.324 e. The molecule has 6 heteroatoms. The molecular weight excluding hydrogens is 340 g/mol. The van der Waals surface area contributed by atoms with Gasteiger partial charge in [0.05, 0.1) is 16.6 Å². The highest BCUT2D eigenvalue weighted by Crippen LogP contribution is 2.60. The molecule has 0 heterocycles. The highest BCUT2D eigenvalue weighted by atomic mass is 35.5. The van der Waals surface area contributed by atoms with E-state index in [1.165, 1.54) is 0 Å². The Kier molecular flexibility index (Phi) is 4.60. The number of nitrogens with one attached hydrogen (secondary N) is 1. The van der Waals surface area contributed by atoms with Crippen molar-refractivity contribution in [3.05, 3.63) is 38.8 Å². The van der Waals surface area contributed by atoms with Gasteiger partial charge < -0.3 is 5.32 Å². The molecule has 0 aliphatic heterocycles. The van der Waals surface area contributed by atoms with Crippen LogP contribution in [-0.4, -0.2) is 5.91 Å². The van der Waals surface area contributed by atoms with E-state index in [-0.39, 0.29) is 27.6 Å². The van der Waals surface area contributed by atoms with Crippen molar-refractivity contribution in [3.8, 4) is 0 Å². The molecule has 0 aromatic heterocycles. The zero-order chi connectivity index (χ0) is 15.1. The van der Waals surface area contributed by atoms with Crippen LogP contribution >= 0.6 is 46.4 Å². The van der Waals surface area contributed by atoms with Gasteiger partial charge in [-0.3, -0.25) is 4.79 Å². The van der Waals surface area contributed by atoms with Crippen LogP contribution in [0.2, 0.25) is 10.0 Å². The molecule has 1 aromatic carbocycles. The van der Waals surface area contributed by atoms with Gasteiger partial charge in [0.2, 0.25) is 5.91 Å². The Labute approximate surface area is 138 Å². The number of hydrogen-bond acceptors (Lipinski definition) is 1. The molecule has 1 amide bonds.